The van der Waals surface area contributed by atoms with Gasteiger partial charge >= 0.3 is 0 Å². The first-order chi connectivity index (χ1) is 7.65. The van der Waals surface area contributed by atoms with Gasteiger partial charge in [-0.25, -0.2) is 8.78 Å². The lowest BCUT2D eigenvalue weighted by Gasteiger charge is -2.07. The van der Waals surface area contributed by atoms with E-state index in [0.717, 1.165) is 37.3 Å². The molecule has 0 heterocycles. The van der Waals surface area contributed by atoms with Crippen molar-refractivity contribution >= 4 is 5.57 Å². The quantitative estimate of drug-likeness (QED) is 0.776. The van der Waals surface area contributed by atoms with Crippen molar-refractivity contribution in [3.63, 3.8) is 0 Å². The lowest BCUT2D eigenvalue weighted by Crippen LogP contribution is -2.00. The molecule has 1 aromatic carbocycles. The molecule has 0 bridgehead atoms. The summed E-state index contributed by atoms with van der Waals surface area (Å²) in [6.07, 6.45) is 4.59. The van der Waals surface area contributed by atoms with Gasteiger partial charge in [0.25, 0.3) is 0 Å². The molecule has 0 saturated carbocycles. The van der Waals surface area contributed by atoms with E-state index in [9.17, 15) is 13.9 Å². The molecule has 3 heteroatoms. The molecule has 0 fully saturated rings. The molecule has 1 unspecified atom stereocenters. The minimum atomic E-state index is -0.574. The van der Waals surface area contributed by atoms with Gasteiger partial charge in [0.2, 0.25) is 0 Å². The Morgan fingerprint density at radius 2 is 1.75 bits per heavy atom. The summed E-state index contributed by atoms with van der Waals surface area (Å²) in [6.45, 7) is 0. The predicted molar refractivity (Wildman–Crippen MR) is 58.8 cm³/mol. The first-order valence-electron chi connectivity index (χ1n) is 5.50. The monoisotopic (exact) mass is 224 g/mol. The van der Waals surface area contributed by atoms with Crippen molar-refractivity contribution in [2.45, 2.75) is 31.8 Å². The molecule has 0 saturated heterocycles. The van der Waals surface area contributed by atoms with Crippen LogP contribution < -0.4 is 0 Å². The summed E-state index contributed by atoms with van der Waals surface area (Å²) in [7, 11) is 0. The van der Waals surface area contributed by atoms with Crippen LogP contribution in [0.1, 0.15) is 31.2 Å². The zero-order valence-corrected chi connectivity index (χ0v) is 8.92. The fourth-order valence-corrected chi connectivity index (χ4v) is 2.05. The van der Waals surface area contributed by atoms with Gasteiger partial charge < -0.3 is 5.11 Å². The molecule has 86 valence electrons. The summed E-state index contributed by atoms with van der Waals surface area (Å²) in [6, 6.07) is 3.48. The van der Waals surface area contributed by atoms with E-state index in [1.807, 2.05) is 0 Å². The molecule has 1 aliphatic rings. The number of rotatable bonds is 1. The highest BCUT2D eigenvalue weighted by Crippen LogP contribution is 2.27. The van der Waals surface area contributed by atoms with Crippen LogP contribution in [-0.4, -0.2) is 11.2 Å². The third-order valence-corrected chi connectivity index (χ3v) is 2.82. The molecule has 1 aromatic rings. The van der Waals surface area contributed by atoms with Gasteiger partial charge in [-0.3, -0.25) is 0 Å². The van der Waals surface area contributed by atoms with Crippen LogP contribution in [0.5, 0.6) is 0 Å². The van der Waals surface area contributed by atoms with Gasteiger partial charge in [0, 0.05) is 6.07 Å². The standard InChI is InChI=1S/C13H14F2O/c14-11-5-10(6-12(15)8-11)9-3-1-2-4-13(16)7-9/h5-8,13,16H,1-4H2. The van der Waals surface area contributed by atoms with E-state index < -0.39 is 17.7 Å². The average molecular weight is 224 g/mol. The van der Waals surface area contributed by atoms with E-state index in [-0.39, 0.29) is 0 Å². The summed E-state index contributed by atoms with van der Waals surface area (Å²) in [5.74, 6) is -1.15. The number of allylic oxidation sites excluding steroid dienone is 1. The highest BCUT2D eigenvalue weighted by atomic mass is 19.1. The van der Waals surface area contributed by atoms with Gasteiger partial charge in [-0.2, -0.15) is 0 Å². The lowest BCUT2D eigenvalue weighted by atomic mass is 10.0. The molecule has 16 heavy (non-hydrogen) atoms. The maximum Gasteiger partial charge on any atom is 0.126 e. The Balaban J connectivity index is 2.34. The normalized spacial score (nSPS) is 21.4. The van der Waals surface area contributed by atoms with E-state index >= 15 is 0 Å². The maximum absolute atomic E-state index is 13.1. The van der Waals surface area contributed by atoms with Crippen LogP contribution in [0.15, 0.2) is 24.3 Å². The van der Waals surface area contributed by atoms with E-state index in [1.54, 1.807) is 6.08 Å². The van der Waals surface area contributed by atoms with Crippen molar-refractivity contribution in [1.82, 2.24) is 0 Å². The molecule has 0 amide bonds. The van der Waals surface area contributed by atoms with E-state index in [0.29, 0.717) is 5.56 Å². The molecule has 1 atom stereocenters. The molecule has 2 rings (SSSR count). The number of halogens is 2. The Kier molecular flexibility index (Phi) is 3.34. The van der Waals surface area contributed by atoms with Crippen molar-refractivity contribution in [1.29, 1.82) is 0 Å². The van der Waals surface area contributed by atoms with Crippen molar-refractivity contribution in [2.24, 2.45) is 0 Å². The summed E-state index contributed by atoms with van der Waals surface area (Å²) in [4.78, 5) is 0. The molecular weight excluding hydrogens is 210 g/mol. The van der Waals surface area contributed by atoms with Gasteiger partial charge in [-0.1, -0.05) is 12.5 Å². The average Bonchev–Trinajstić information content (AvgIpc) is 2.41. The largest absolute Gasteiger partial charge is 0.389 e. The van der Waals surface area contributed by atoms with Crippen LogP contribution in [0.3, 0.4) is 0 Å². The second kappa shape index (κ2) is 4.74. The van der Waals surface area contributed by atoms with Crippen LogP contribution in [0.4, 0.5) is 8.78 Å². The van der Waals surface area contributed by atoms with Gasteiger partial charge in [0.05, 0.1) is 6.10 Å². The molecule has 0 spiro atoms. The SMILES string of the molecule is OC1C=C(c2cc(F)cc(F)c2)CCCC1. The smallest absolute Gasteiger partial charge is 0.126 e. The molecule has 0 radical (unpaired) electrons. The third kappa shape index (κ3) is 2.67. The first kappa shape index (κ1) is 11.3. The van der Waals surface area contributed by atoms with Crippen LogP contribution in [0.2, 0.25) is 0 Å². The molecule has 0 aliphatic heterocycles. The lowest BCUT2D eigenvalue weighted by molar-refractivity contribution is 0.211. The minimum absolute atomic E-state index is 0.496. The Morgan fingerprint density at radius 3 is 2.44 bits per heavy atom. The zero-order valence-electron chi connectivity index (χ0n) is 8.92. The number of hydrogen-bond donors (Lipinski definition) is 1. The van der Waals surface area contributed by atoms with Gasteiger partial charge in [0.15, 0.2) is 0 Å². The predicted octanol–water partition coefficient (Wildman–Crippen LogP) is 3.28. The van der Waals surface area contributed by atoms with Crippen LogP contribution in [0.25, 0.3) is 5.57 Å². The van der Waals surface area contributed by atoms with Crippen LogP contribution >= 0.6 is 0 Å². The molecule has 1 nitrogen and oxygen atoms in total. The zero-order chi connectivity index (χ0) is 11.5. The van der Waals surface area contributed by atoms with Gasteiger partial charge in [-0.05, 0) is 42.5 Å². The topological polar surface area (TPSA) is 20.2 Å². The summed E-state index contributed by atoms with van der Waals surface area (Å²) in [5.41, 5.74) is 1.38. The van der Waals surface area contributed by atoms with Gasteiger partial charge in [-0.15, -0.1) is 0 Å². The molecule has 0 aromatic heterocycles. The highest BCUT2D eigenvalue weighted by Gasteiger charge is 2.12. The molecule has 1 N–H and O–H groups in total. The second-order valence-electron chi connectivity index (χ2n) is 4.16. The van der Waals surface area contributed by atoms with Gasteiger partial charge in [0.1, 0.15) is 11.6 Å². The van der Waals surface area contributed by atoms with Crippen LogP contribution in [0, 0.1) is 11.6 Å². The summed E-state index contributed by atoms with van der Waals surface area (Å²) in [5, 5.41) is 9.60. The second-order valence-corrected chi connectivity index (χ2v) is 4.16. The highest BCUT2D eigenvalue weighted by molar-refractivity contribution is 5.66. The Morgan fingerprint density at radius 1 is 1.06 bits per heavy atom. The maximum atomic E-state index is 13.1. The Labute approximate surface area is 93.4 Å². The van der Waals surface area contributed by atoms with Crippen molar-refractivity contribution in [2.75, 3.05) is 0 Å². The number of aliphatic hydroxyl groups is 1. The summed E-state index contributed by atoms with van der Waals surface area (Å²) < 4.78 is 26.1. The van der Waals surface area contributed by atoms with Crippen molar-refractivity contribution < 1.29 is 13.9 Å². The number of hydrogen-bond acceptors (Lipinski definition) is 1. The summed E-state index contributed by atoms with van der Waals surface area (Å²) >= 11 is 0. The van der Waals surface area contributed by atoms with Crippen molar-refractivity contribution in [3.05, 3.63) is 41.5 Å². The van der Waals surface area contributed by atoms with E-state index in [4.69, 9.17) is 0 Å². The van der Waals surface area contributed by atoms with E-state index in [2.05, 4.69) is 0 Å². The Hall–Kier alpha value is -1.22. The molecule has 1 aliphatic carbocycles. The fraction of sp³-hybridized carbons (Fsp3) is 0.385. The number of aliphatic hydroxyl groups excluding tert-OH is 1. The Bertz CT molecular complexity index is 392. The van der Waals surface area contributed by atoms with E-state index in [1.165, 1.54) is 12.1 Å². The van der Waals surface area contributed by atoms with Crippen LogP contribution in [-0.2, 0) is 0 Å². The molecular formula is C13H14F2O. The minimum Gasteiger partial charge on any atom is -0.389 e. The first-order valence-corrected chi connectivity index (χ1v) is 5.50. The third-order valence-electron chi connectivity index (χ3n) is 2.82. The van der Waals surface area contributed by atoms with Crippen molar-refractivity contribution in [3.8, 4) is 0 Å². The fourth-order valence-electron chi connectivity index (χ4n) is 2.05. The number of benzene rings is 1.